The van der Waals surface area contributed by atoms with E-state index in [1.165, 1.54) is 25.7 Å². The Balaban J connectivity index is 2.62. The van der Waals surface area contributed by atoms with E-state index in [0.717, 1.165) is 0 Å². The second-order valence-corrected chi connectivity index (χ2v) is 4.20. The predicted octanol–water partition coefficient (Wildman–Crippen LogP) is 3.78. The van der Waals surface area contributed by atoms with Gasteiger partial charge in [0.1, 0.15) is 0 Å². The van der Waals surface area contributed by atoms with Crippen LogP contribution in [0.25, 0.3) is 0 Å². The molecule has 0 bridgehead atoms. The zero-order valence-corrected chi connectivity index (χ0v) is 8.11. The Morgan fingerprint density at radius 2 is 2.09 bits per heavy atom. The molecule has 1 rings (SSSR count). The lowest BCUT2D eigenvalue weighted by Gasteiger charge is -2.16. The van der Waals surface area contributed by atoms with Gasteiger partial charge in [-0.15, -0.1) is 6.58 Å². The normalized spacial score (nSPS) is 42.1. The molecule has 1 aliphatic carbocycles. The molecular formula is C11H20. The lowest BCUT2D eigenvalue weighted by Crippen LogP contribution is -2.07. The summed E-state index contributed by atoms with van der Waals surface area (Å²) in [4.78, 5) is 0. The van der Waals surface area contributed by atoms with Crippen molar-refractivity contribution < 1.29 is 0 Å². The van der Waals surface area contributed by atoms with E-state index < -0.39 is 0 Å². The molecule has 0 aromatic heterocycles. The van der Waals surface area contributed by atoms with E-state index in [4.69, 9.17) is 0 Å². The van der Waals surface area contributed by atoms with E-state index in [1.54, 1.807) is 0 Å². The highest BCUT2D eigenvalue weighted by Crippen LogP contribution is 2.68. The Bertz CT molecular complexity index is 155. The number of hydrogen-bond acceptors (Lipinski definition) is 0. The monoisotopic (exact) mass is 152 g/mol. The van der Waals surface area contributed by atoms with Crippen LogP contribution in [-0.4, -0.2) is 0 Å². The molecule has 64 valence electrons. The van der Waals surface area contributed by atoms with Crippen molar-refractivity contribution in [1.29, 1.82) is 0 Å². The molecule has 0 heterocycles. The molecule has 0 radical (unpaired) electrons. The van der Waals surface area contributed by atoms with Gasteiger partial charge in [-0.2, -0.15) is 0 Å². The number of hydrogen-bond donors (Lipinski definition) is 0. The van der Waals surface area contributed by atoms with Crippen LogP contribution in [0.5, 0.6) is 0 Å². The molecule has 2 unspecified atom stereocenters. The van der Waals surface area contributed by atoms with Crippen molar-refractivity contribution in [2.24, 2.45) is 10.8 Å². The largest absolute Gasteiger partial charge is 0.103 e. The summed E-state index contributed by atoms with van der Waals surface area (Å²) >= 11 is 0. The van der Waals surface area contributed by atoms with Gasteiger partial charge in [0.05, 0.1) is 0 Å². The smallest absolute Gasteiger partial charge is 0.00615 e. The molecule has 2 atom stereocenters. The van der Waals surface area contributed by atoms with Crippen molar-refractivity contribution in [2.75, 3.05) is 0 Å². The molecule has 0 N–H and O–H groups in total. The van der Waals surface area contributed by atoms with Crippen molar-refractivity contribution in [3.05, 3.63) is 12.7 Å². The zero-order valence-electron chi connectivity index (χ0n) is 8.11. The topological polar surface area (TPSA) is 0 Å². The Kier molecular flexibility index (Phi) is 2.13. The molecule has 11 heavy (non-hydrogen) atoms. The molecule has 0 heteroatoms. The third-order valence-corrected chi connectivity index (χ3v) is 3.65. The standard InChI is InChI=1S/C11H20/c1-5-8-11(7-3)9-10(11,4)6-2/h7H,3,5-6,8-9H2,1-2,4H3. The molecule has 0 spiro atoms. The van der Waals surface area contributed by atoms with E-state index in [9.17, 15) is 0 Å². The third-order valence-electron chi connectivity index (χ3n) is 3.65. The van der Waals surface area contributed by atoms with Crippen LogP contribution in [0, 0.1) is 10.8 Å². The molecular weight excluding hydrogens is 132 g/mol. The van der Waals surface area contributed by atoms with Crippen molar-refractivity contribution in [3.63, 3.8) is 0 Å². The molecule has 0 nitrogen and oxygen atoms in total. The van der Waals surface area contributed by atoms with Crippen LogP contribution in [0.4, 0.5) is 0 Å². The first-order valence-corrected chi connectivity index (χ1v) is 4.78. The quantitative estimate of drug-likeness (QED) is 0.538. The summed E-state index contributed by atoms with van der Waals surface area (Å²) in [5, 5.41) is 0. The summed E-state index contributed by atoms with van der Waals surface area (Å²) in [5.74, 6) is 0. The Hall–Kier alpha value is -0.260. The molecule has 0 aromatic rings. The molecule has 0 aromatic carbocycles. The van der Waals surface area contributed by atoms with Gasteiger partial charge in [-0.3, -0.25) is 0 Å². The Morgan fingerprint density at radius 3 is 2.36 bits per heavy atom. The van der Waals surface area contributed by atoms with Crippen molar-refractivity contribution in [1.82, 2.24) is 0 Å². The Morgan fingerprint density at radius 1 is 1.45 bits per heavy atom. The van der Waals surface area contributed by atoms with Crippen molar-refractivity contribution >= 4 is 0 Å². The zero-order chi connectivity index (χ0) is 8.54. The Labute approximate surface area is 70.7 Å². The molecule has 0 saturated heterocycles. The highest BCUT2D eigenvalue weighted by Gasteiger charge is 2.59. The van der Waals surface area contributed by atoms with Crippen LogP contribution >= 0.6 is 0 Å². The first-order chi connectivity index (χ1) is 5.14. The van der Waals surface area contributed by atoms with Gasteiger partial charge < -0.3 is 0 Å². The van der Waals surface area contributed by atoms with Crippen LogP contribution in [0.2, 0.25) is 0 Å². The fraction of sp³-hybridized carbons (Fsp3) is 0.818. The van der Waals surface area contributed by atoms with Gasteiger partial charge in [-0.1, -0.05) is 33.3 Å². The SMILES string of the molecule is C=CC1(CCC)CC1(C)CC. The second kappa shape index (κ2) is 2.66. The highest BCUT2D eigenvalue weighted by molar-refractivity contribution is 5.19. The van der Waals surface area contributed by atoms with Gasteiger partial charge in [-0.25, -0.2) is 0 Å². The van der Waals surface area contributed by atoms with Crippen LogP contribution < -0.4 is 0 Å². The minimum atomic E-state index is 0.510. The van der Waals surface area contributed by atoms with E-state index in [1.807, 2.05) is 0 Å². The minimum Gasteiger partial charge on any atom is -0.103 e. The first kappa shape index (κ1) is 8.83. The highest BCUT2D eigenvalue weighted by atomic mass is 14.6. The summed E-state index contributed by atoms with van der Waals surface area (Å²) in [6, 6.07) is 0. The lowest BCUT2D eigenvalue weighted by molar-refractivity contribution is 0.390. The summed E-state index contributed by atoms with van der Waals surface area (Å²) in [6.45, 7) is 10.9. The summed E-state index contributed by atoms with van der Waals surface area (Å²) in [5.41, 5.74) is 1.10. The fourth-order valence-corrected chi connectivity index (χ4v) is 2.39. The maximum atomic E-state index is 3.96. The maximum Gasteiger partial charge on any atom is -0.00615 e. The van der Waals surface area contributed by atoms with Crippen LogP contribution in [0.3, 0.4) is 0 Å². The van der Waals surface area contributed by atoms with Gasteiger partial charge in [0.15, 0.2) is 0 Å². The second-order valence-electron chi connectivity index (χ2n) is 4.20. The van der Waals surface area contributed by atoms with E-state index in [0.29, 0.717) is 10.8 Å². The van der Waals surface area contributed by atoms with Crippen molar-refractivity contribution in [3.8, 4) is 0 Å². The van der Waals surface area contributed by atoms with Gasteiger partial charge >= 0.3 is 0 Å². The minimum absolute atomic E-state index is 0.510. The average Bonchev–Trinajstić information content (AvgIpc) is 2.60. The van der Waals surface area contributed by atoms with Gasteiger partial charge in [0.2, 0.25) is 0 Å². The molecule has 1 fully saturated rings. The van der Waals surface area contributed by atoms with E-state index in [-0.39, 0.29) is 0 Å². The average molecular weight is 152 g/mol. The predicted molar refractivity (Wildman–Crippen MR) is 50.6 cm³/mol. The van der Waals surface area contributed by atoms with Gasteiger partial charge in [-0.05, 0) is 30.1 Å². The number of rotatable bonds is 4. The summed E-state index contributed by atoms with van der Waals surface area (Å²) < 4.78 is 0. The summed E-state index contributed by atoms with van der Waals surface area (Å²) in [6.07, 6.45) is 7.50. The first-order valence-electron chi connectivity index (χ1n) is 4.78. The maximum absolute atomic E-state index is 3.96. The molecule has 1 aliphatic rings. The lowest BCUT2D eigenvalue weighted by atomic mass is 9.88. The molecule has 0 aliphatic heterocycles. The van der Waals surface area contributed by atoms with E-state index >= 15 is 0 Å². The van der Waals surface area contributed by atoms with Gasteiger partial charge in [0, 0.05) is 0 Å². The number of allylic oxidation sites excluding steroid dienone is 1. The van der Waals surface area contributed by atoms with E-state index in [2.05, 4.69) is 33.4 Å². The van der Waals surface area contributed by atoms with Crippen LogP contribution in [0.15, 0.2) is 12.7 Å². The van der Waals surface area contributed by atoms with Crippen LogP contribution in [-0.2, 0) is 0 Å². The van der Waals surface area contributed by atoms with Gasteiger partial charge in [0.25, 0.3) is 0 Å². The molecule has 1 saturated carbocycles. The third kappa shape index (κ3) is 1.13. The molecule has 0 amide bonds. The summed E-state index contributed by atoms with van der Waals surface area (Å²) in [7, 11) is 0. The fourth-order valence-electron chi connectivity index (χ4n) is 2.39. The van der Waals surface area contributed by atoms with Crippen molar-refractivity contribution in [2.45, 2.75) is 46.5 Å². The van der Waals surface area contributed by atoms with Crippen LogP contribution in [0.1, 0.15) is 46.5 Å².